The van der Waals surface area contributed by atoms with Gasteiger partial charge in [-0.05, 0) is 19.9 Å². The third kappa shape index (κ3) is 2.09. The average Bonchev–Trinajstić information content (AvgIpc) is 2.80. The molecule has 2 aromatic rings. The van der Waals surface area contributed by atoms with E-state index in [2.05, 4.69) is 15.5 Å². The third-order valence-corrected chi connectivity index (χ3v) is 5.51. The predicted octanol–water partition coefficient (Wildman–Crippen LogP) is 0.514. The van der Waals surface area contributed by atoms with Gasteiger partial charge in [-0.25, -0.2) is 13.4 Å². The summed E-state index contributed by atoms with van der Waals surface area (Å²) >= 11 is 0. The molecule has 3 rings (SSSR count). The molecule has 3 heterocycles. The average molecular weight is 296 g/mol. The van der Waals surface area contributed by atoms with Gasteiger partial charge < -0.3 is 9.84 Å². The van der Waals surface area contributed by atoms with Gasteiger partial charge in [0.25, 0.3) is 5.71 Å². The summed E-state index contributed by atoms with van der Waals surface area (Å²) in [5, 5.41) is 7.60. The smallest absolute Gasteiger partial charge is 0.257 e. The minimum absolute atomic E-state index is 0.0759. The van der Waals surface area contributed by atoms with Gasteiger partial charge in [-0.1, -0.05) is 5.16 Å². The maximum absolute atomic E-state index is 12.7. The molecule has 0 bridgehead atoms. The first-order chi connectivity index (χ1) is 9.50. The Bertz CT molecular complexity index is 740. The largest absolute Gasteiger partial charge is 0.336 e. The Kier molecular flexibility index (Phi) is 3.23. The number of rotatable bonds is 2. The number of aryl methyl sites for hydroxylation is 1. The summed E-state index contributed by atoms with van der Waals surface area (Å²) in [5.74, 6) is 0. The molecule has 0 radical (unpaired) electrons. The van der Waals surface area contributed by atoms with Crippen molar-refractivity contribution in [2.75, 3.05) is 19.6 Å². The Hall–Kier alpha value is -1.51. The molecule has 0 amide bonds. The van der Waals surface area contributed by atoms with Crippen LogP contribution < -0.4 is 5.32 Å². The summed E-state index contributed by atoms with van der Waals surface area (Å²) in [6.07, 6.45) is 1.33. The minimum Gasteiger partial charge on any atom is -0.336 e. The topological polar surface area (TPSA) is 88.3 Å². The van der Waals surface area contributed by atoms with Crippen molar-refractivity contribution in [3.63, 3.8) is 0 Å². The Morgan fingerprint density at radius 2 is 2.30 bits per heavy atom. The van der Waals surface area contributed by atoms with Crippen LogP contribution in [0.25, 0.3) is 11.1 Å². The molecule has 1 aliphatic rings. The molecular formula is C12H16N4O3S. The van der Waals surface area contributed by atoms with Gasteiger partial charge >= 0.3 is 0 Å². The summed E-state index contributed by atoms with van der Waals surface area (Å²) in [7, 11) is -3.54. The van der Waals surface area contributed by atoms with Gasteiger partial charge in [-0.3, -0.25) is 0 Å². The number of sulfonamides is 1. The molecule has 0 unspecified atom stereocenters. The first-order valence-corrected chi connectivity index (χ1v) is 7.89. The molecule has 1 aliphatic heterocycles. The van der Waals surface area contributed by atoms with Crippen molar-refractivity contribution < 1.29 is 12.9 Å². The van der Waals surface area contributed by atoms with Crippen molar-refractivity contribution in [2.45, 2.75) is 24.8 Å². The second kappa shape index (κ2) is 4.80. The van der Waals surface area contributed by atoms with Crippen molar-refractivity contribution in [1.29, 1.82) is 0 Å². The van der Waals surface area contributed by atoms with Gasteiger partial charge in [0, 0.05) is 25.7 Å². The van der Waals surface area contributed by atoms with Gasteiger partial charge in [-0.2, -0.15) is 4.31 Å². The fourth-order valence-electron chi connectivity index (χ4n) is 2.38. The molecule has 20 heavy (non-hydrogen) atoms. The molecule has 8 heteroatoms. The zero-order valence-corrected chi connectivity index (χ0v) is 12.1. The number of hydrogen-bond acceptors (Lipinski definition) is 6. The van der Waals surface area contributed by atoms with Crippen LogP contribution in [0, 0.1) is 6.92 Å². The Morgan fingerprint density at radius 1 is 1.50 bits per heavy atom. The normalized spacial score (nSPS) is 21.4. The number of pyridine rings is 1. The van der Waals surface area contributed by atoms with Crippen LogP contribution in [-0.2, 0) is 10.0 Å². The highest BCUT2D eigenvalue weighted by atomic mass is 32.2. The SMILES string of the molecule is Cc1noc2ncc(S(=O)(=O)N3CCNC[C@@H]3C)cc12. The lowest BCUT2D eigenvalue weighted by Crippen LogP contribution is -2.52. The maximum atomic E-state index is 12.7. The van der Waals surface area contributed by atoms with Crippen molar-refractivity contribution in [3.8, 4) is 0 Å². The van der Waals surface area contributed by atoms with Crippen LogP contribution in [0.3, 0.4) is 0 Å². The Balaban J connectivity index is 2.06. The van der Waals surface area contributed by atoms with E-state index in [1.807, 2.05) is 6.92 Å². The van der Waals surface area contributed by atoms with Crippen LogP contribution in [0.4, 0.5) is 0 Å². The molecule has 0 aliphatic carbocycles. The third-order valence-electron chi connectivity index (χ3n) is 3.53. The number of aromatic nitrogens is 2. The fraction of sp³-hybridized carbons (Fsp3) is 0.500. The molecule has 7 nitrogen and oxygen atoms in total. The molecule has 0 saturated carbocycles. The predicted molar refractivity (Wildman–Crippen MR) is 72.8 cm³/mol. The van der Waals surface area contributed by atoms with E-state index in [-0.39, 0.29) is 10.9 Å². The lowest BCUT2D eigenvalue weighted by atomic mass is 10.3. The van der Waals surface area contributed by atoms with Gasteiger partial charge in [0.1, 0.15) is 4.90 Å². The molecule has 1 fully saturated rings. The highest BCUT2D eigenvalue weighted by Gasteiger charge is 2.31. The van der Waals surface area contributed by atoms with E-state index in [0.29, 0.717) is 36.4 Å². The Morgan fingerprint density at radius 3 is 3.05 bits per heavy atom. The van der Waals surface area contributed by atoms with Crippen LogP contribution in [0.2, 0.25) is 0 Å². The van der Waals surface area contributed by atoms with Crippen LogP contribution in [0.1, 0.15) is 12.6 Å². The maximum Gasteiger partial charge on any atom is 0.257 e. The van der Waals surface area contributed by atoms with E-state index in [4.69, 9.17) is 4.52 Å². The van der Waals surface area contributed by atoms with E-state index in [1.165, 1.54) is 10.5 Å². The molecule has 108 valence electrons. The van der Waals surface area contributed by atoms with E-state index in [9.17, 15) is 8.42 Å². The second-order valence-corrected chi connectivity index (χ2v) is 6.85. The lowest BCUT2D eigenvalue weighted by Gasteiger charge is -2.32. The minimum atomic E-state index is -3.54. The van der Waals surface area contributed by atoms with Gasteiger partial charge in [0.2, 0.25) is 10.0 Å². The van der Waals surface area contributed by atoms with Crippen molar-refractivity contribution in [1.82, 2.24) is 19.8 Å². The number of nitrogens with zero attached hydrogens (tertiary/aromatic N) is 3. The van der Waals surface area contributed by atoms with Crippen molar-refractivity contribution >= 4 is 21.1 Å². The lowest BCUT2D eigenvalue weighted by molar-refractivity contribution is 0.284. The molecule has 1 saturated heterocycles. The highest BCUT2D eigenvalue weighted by Crippen LogP contribution is 2.23. The zero-order chi connectivity index (χ0) is 14.3. The molecule has 1 N–H and O–H groups in total. The number of fused-ring (bicyclic) bond motifs is 1. The van der Waals surface area contributed by atoms with Crippen molar-refractivity contribution in [2.24, 2.45) is 0 Å². The number of piperazine rings is 1. The monoisotopic (exact) mass is 296 g/mol. The van der Waals surface area contributed by atoms with Gasteiger partial charge in [0.05, 0.1) is 17.3 Å². The summed E-state index contributed by atoms with van der Waals surface area (Å²) in [6.45, 7) is 5.43. The summed E-state index contributed by atoms with van der Waals surface area (Å²) < 4.78 is 31.9. The van der Waals surface area contributed by atoms with Crippen LogP contribution in [0.5, 0.6) is 0 Å². The highest BCUT2D eigenvalue weighted by molar-refractivity contribution is 7.89. The summed E-state index contributed by atoms with van der Waals surface area (Å²) in [6, 6.07) is 1.51. The van der Waals surface area contributed by atoms with Crippen molar-refractivity contribution in [3.05, 3.63) is 18.0 Å². The molecule has 1 atom stereocenters. The van der Waals surface area contributed by atoms with Gasteiger partial charge in [-0.15, -0.1) is 0 Å². The standard InChI is InChI=1S/C12H16N4O3S/c1-8-6-13-3-4-16(8)20(17,18)10-5-11-9(2)15-19-12(11)14-7-10/h5,7-8,13H,3-4,6H2,1-2H3/t8-/m0/s1. The second-order valence-electron chi connectivity index (χ2n) is 4.96. The van der Waals surface area contributed by atoms with Gasteiger partial charge in [0.15, 0.2) is 0 Å². The van der Waals surface area contributed by atoms with Crippen LogP contribution >= 0.6 is 0 Å². The van der Waals surface area contributed by atoms with Crippen LogP contribution in [0.15, 0.2) is 21.7 Å². The number of nitrogens with one attached hydrogen (secondary N) is 1. The molecule has 2 aromatic heterocycles. The molecule has 0 spiro atoms. The molecular weight excluding hydrogens is 280 g/mol. The number of hydrogen-bond donors (Lipinski definition) is 1. The van der Waals surface area contributed by atoms with E-state index < -0.39 is 10.0 Å². The molecule has 0 aromatic carbocycles. The summed E-state index contributed by atoms with van der Waals surface area (Å²) in [4.78, 5) is 4.22. The van der Waals surface area contributed by atoms with E-state index in [1.54, 1.807) is 13.0 Å². The fourth-order valence-corrected chi connectivity index (χ4v) is 3.99. The Labute approximate surface area is 117 Å². The van der Waals surface area contributed by atoms with E-state index in [0.717, 1.165) is 0 Å². The zero-order valence-electron chi connectivity index (χ0n) is 11.3. The summed E-state index contributed by atoms with van der Waals surface area (Å²) in [5.41, 5.74) is 0.993. The first-order valence-electron chi connectivity index (χ1n) is 6.45. The van der Waals surface area contributed by atoms with E-state index >= 15 is 0 Å². The first kappa shape index (κ1) is 13.5. The van der Waals surface area contributed by atoms with Crippen LogP contribution in [-0.4, -0.2) is 48.5 Å². The quantitative estimate of drug-likeness (QED) is 0.869.